The van der Waals surface area contributed by atoms with Crippen LogP contribution in [0.1, 0.15) is 20.3 Å². The summed E-state index contributed by atoms with van der Waals surface area (Å²) in [6.07, 6.45) is 0.152. The summed E-state index contributed by atoms with van der Waals surface area (Å²) < 4.78 is 1.03. The lowest BCUT2D eigenvalue weighted by molar-refractivity contribution is -0.137. The number of hydrogen-bond donors (Lipinski definition) is 2. The Balaban J connectivity index is 2.24. The van der Waals surface area contributed by atoms with Gasteiger partial charge in [-0.25, -0.2) is 0 Å². The molecule has 1 aromatic rings. The first-order valence-electron chi connectivity index (χ1n) is 6.36. The third-order valence-corrected chi connectivity index (χ3v) is 3.92. The highest BCUT2D eigenvalue weighted by Gasteiger charge is 2.33. The maximum Gasteiger partial charge on any atom is 0.305 e. The second-order valence-corrected chi connectivity index (χ2v) is 6.54. The number of rotatable bonds is 3. The number of anilines is 1. The van der Waals surface area contributed by atoms with E-state index in [0.29, 0.717) is 6.54 Å². The standard InChI is InChI=1S/C14H19BrN2O2/c1-14(2)9-17(11-5-3-10(15)4-6-11)12(8-16-14)7-13(18)19/h3-6,12,16H,7-9H2,1-2H3,(H,18,19). The third kappa shape index (κ3) is 3.70. The highest BCUT2D eigenvalue weighted by atomic mass is 79.9. The summed E-state index contributed by atoms with van der Waals surface area (Å²) in [5.74, 6) is -0.756. The molecule has 0 spiro atoms. The van der Waals surface area contributed by atoms with Gasteiger partial charge in [-0.2, -0.15) is 0 Å². The summed E-state index contributed by atoms with van der Waals surface area (Å²) >= 11 is 3.42. The summed E-state index contributed by atoms with van der Waals surface area (Å²) in [5, 5.41) is 12.5. The first kappa shape index (κ1) is 14.3. The van der Waals surface area contributed by atoms with Crippen LogP contribution in [-0.2, 0) is 4.79 Å². The van der Waals surface area contributed by atoms with Crippen molar-refractivity contribution >= 4 is 27.6 Å². The average molecular weight is 327 g/mol. The van der Waals surface area contributed by atoms with Crippen molar-refractivity contribution in [1.29, 1.82) is 0 Å². The Kier molecular flexibility index (Phi) is 4.16. The molecule has 1 fully saturated rings. The van der Waals surface area contributed by atoms with Gasteiger partial charge in [-0.05, 0) is 38.1 Å². The summed E-state index contributed by atoms with van der Waals surface area (Å²) in [5.41, 5.74) is 1.06. The van der Waals surface area contributed by atoms with E-state index in [4.69, 9.17) is 5.11 Å². The molecule has 2 N–H and O–H groups in total. The molecular weight excluding hydrogens is 308 g/mol. The van der Waals surface area contributed by atoms with Gasteiger partial charge in [0.15, 0.2) is 0 Å². The maximum absolute atomic E-state index is 11.0. The highest BCUT2D eigenvalue weighted by molar-refractivity contribution is 9.10. The second-order valence-electron chi connectivity index (χ2n) is 5.62. The molecule has 0 saturated carbocycles. The normalized spacial score (nSPS) is 22.3. The van der Waals surface area contributed by atoms with Crippen molar-refractivity contribution in [3.05, 3.63) is 28.7 Å². The Morgan fingerprint density at radius 3 is 2.68 bits per heavy atom. The minimum absolute atomic E-state index is 0.00768. The SMILES string of the molecule is CC1(C)CN(c2ccc(Br)cc2)C(CC(=O)O)CN1. The number of aliphatic carboxylic acids is 1. The van der Waals surface area contributed by atoms with Crippen LogP contribution in [0.2, 0.25) is 0 Å². The summed E-state index contributed by atoms with van der Waals surface area (Å²) in [6, 6.07) is 8.03. The second kappa shape index (κ2) is 5.51. The number of benzene rings is 1. The van der Waals surface area contributed by atoms with Crippen LogP contribution < -0.4 is 10.2 Å². The van der Waals surface area contributed by atoms with Gasteiger partial charge in [0.2, 0.25) is 0 Å². The molecule has 1 aromatic carbocycles. The quantitative estimate of drug-likeness (QED) is 0.896. The Bertz CT molecular complexity index is 459. The molecule has 0 aliphatic carbocycles. The Hall–Kier alpha value is -1.07. The van der Waals surface area contributed by atoms with Crippen LogP contribution in [0.4, 0.5) is 5.69 Å². The fourth-order valence-electron chi connectivity index (χ4n) is 2.43. The van der Waals surface area contributed by atoms with Crippen LogP contribution in [0.25, 0.3) is 0 Å². The summed E-state index contributed by atoms with van der Waals surface area (Å²) in [6.45, 7) is 5.76. The number of carbonyl (C=O) groups is 1. The molecule has 0 aromatic heterocycles. The van der Waals surface area contributed by atoms with Gasteiger partial charge in [0.1, 0.15) is 0 Å². The fraction of sp³-hybridized carbons (Fsp3) is 0.500. The first-order valence-corrected chi connectivity index (χ1v) is 7.16. The van der Waals surface area contributed by atoms with E-state index in [2.05, 4.69) is 40.0 Å². The monoisotopic (exact) mass is 326 g/mol. The minimum atomic E-state index is -0.756. The number of carboxylic acids is 1. The van der Waals surface area contributed by atoms with E-state index >= 15 is 0 Å². The van der Waals surface area contributed by atoms with Crippen LogP contribution in [0.3, 0.4) is 0 Å². The van der Waals surface area contributed by atoms with Gasteiger partial charge in [0.05, 0.1) is 12.5 Å². The molecule has 1 unspecified atom stereocenters. The van der Waals surface area contributed by atoms with Gasteiger partial charge in [-0.15, -0.1) is 0 Å². The lowest BCUT2D eigenvalue weighted by Crippen LogP contribution is -2.62. The molecule has 1 atom stereocenters. The fourth-order valence-corrected chi connectivity index (χ4v) is 2.70. The van der Waals surface area contributed by atoms with Gasteiger partial charge >= 0.3 is 5.97 Å². The van der Waals surface area contributed by atoms with Crippen molar-refractivity contribution in [2.24, 2.45) is 0 Å². The number of carboxylic acid groups (broad SMARTS) is 1. The van der Waals surface area contributed by atoms with Gasteiger partial charge < -0.3 is 15.3 Å². The zero-order valence-electron chi connectivity index (χ0n) is 11.2. The molecule has 19 heavy (non-hydrogen) atoms. The number of nitrogens with one attached hydrogen (secondary N) is 1. The van der Waals surface area contributed by atoms with Gasteiger partial charge in [-0.1, -0.05) is 15.9 Å². The zero-order valence-corrected chi connectivity index (χ0v) is 12.8. The smallest absolute Gasteiger partial charge is 0.305 e. The third-order valence-electron chi connectivity index (χ3n) is 3.39. The van der Waals surface area contributed by atoms with Crippen molar-refractivity contribution < 1.29 is 9.90 Å². The van der Waals surface area contributed by atoms with Crippen molar-refractivity contribution in [1.82, 2.24) is 5.32 Å². The number of hydrogen-bond acceptors (Lipinski definition) is 3. The zero-order chi connectivity index (χ0) is 14.0. The van der Waals surface area contributed by atoms with Crippen LogP contribution in [0, 0.1) is 0 Å². The minimum Gasteiger partial charge on any atom is -0.481 e. The molecule has 0 bridgehead atoms. The highest BCUT2D eigenvalue weighted by Crippen LogP contribution is 2.26. The van der Waals surface area contributed by atoms with Crippen molar-refractivity contribution in [2.75, 3.05) is 18.0 Å². The molecule has 0 amide bonds. The van der Waals surface area contributed by atoms with Crippen LogP contribution >= 0.6 is 15.9 Å². The molecule has 1 saturated heterocycles. The van der Waals surface area contributed by atoms with Crippen LogP contribution in [0.15, 0.2) is 28.7 Å². The van der Waals surface area contributed by atoms with Gasteiger partial charge in [0, 0.05) is 28.8 Å². The molecule has 1 aliphatic rings. The molecule has 104 valence electrons. The number of nitrogens with zero attached hydrogens (tertiary/aromatic N) is 1. The van der Waals surface area contributed by atoms with E-state index in [0.717, 1.165) is 16.7 Å². The Morgan fingerprint density at radius 1 is 1.47 bits per heavy atom. The predicted octanol–water partition coefficient (Wildman–Crippen LogP) is 2.48. The number of halogens is 1. The lowest BCUT2D eigenvalue weighted by Gasteiger charge is -2.45. The van der Waals surface area contributed by atoms with Crippen molar-refractivity contribution in [3.8, 4) is 0 Å². The molecule has 1 heterocycles. The van der Waals surface area contributed by atoms with E-state index < -0.39 is 5.97 Å². The molecule has 5 heteroatoms. The van der Waals surface area contributed by atoms with E-state index in [-0.39, 0.29) is 18.0 Å². The molecule has 2 rings (SSSR count). The van der Waals surface area contributed by atoms with Crippen LogP contribution in [0.5, 0.6) is 0 Å². The summed E-state index contributed by atoms with van der Waals surface area (Å²) in [4.78, 5) is 13.2. The first-order chi connectivity index (χ1) is 8.87. The van der Waals surface area contributed by atoms with Gasteiger partial charge in [0.25, 0.3) is 0 Å². The van der Waals surface area contributed by atoms with E-state index in [1.54, 1.807) is 0 Å². The average Bonchev–Trinajstić information content (AvgIpc) is 2.32. The predicted molar refractivity (Wildman–Crippen MR) is 79.6 cm³/mol. The van der Waals surface area contributed by atoms with Crippen molar-refractivity contribution in [3.63, 3.8) is 0 Å². The van der Waals surface area contributed by atoms with Gasteiger partial charge in [-0.3, -0.25) is 4.79 Å². The Morgan fingerprint density at radius 2 is 2.11 bits per heavy atom. The molecule has 0 radical (unpaired) electrons. The van der Waals surface area contributed by atoms with E-state index in [1.165, 1.54) is 0 Å². The van der Waals surface area contributed by atoms with Crippen molar-refractivity contribution in [2.45, 2.75) is 31.8 Å². The van der Waals surface area contributed by atoms with E-state index in [9.17, 15) is 4.79 Å². The Labute approximate surface area is 121 Å². The van der Waals surface area contributed by atoms with E-state index in [1.807, 2.05) is 24.3 Å². The molecule has 1 aliphatic heterocycles. The maximum atomic E-state index is 11.0. The van der Waals surface area contributed by atoms with Crippen LogP contribution in [-0.4, -0.2) is 35.7 Å². The lowest BCUT2D eigenvalue weighted by atomic mass is 9.96. The molecule has 4 nitrogen and oxygen atoms in total. The number of piperazine rings is 1. The summed E-state index contributed by atoms with van der Waals surface area (Å²) in [7, 11) is 0. The molecular formula is C14H19BrN2O2. The largest absolute Gasteiger partial charge is 0.481 e. The topological polar surface area (TPSA) is 52.6 Å².